The van der Waals surface area contributed by atoms with E-state index in [1.54, 1.807) is 47.5 Å². The predicted molar refractivity (Wildman–Crippen MR) is 109 cm³/mol. The number of carbonyl (C=O) groups is 1. The number of thiazole rings is 1. The van der Waals surface area contributed by atoms with Crippen molar-refractivity contribution < 1.29 is 9.90 Å². The van der Waals surface area contributed by atoms with E-state index in [1.165, 1.54) is 0 Å². The summed E-state index contributed by atoms with van der Waals surface area (Å²) in [6, 6.07) is 7.36. The maximum Gasteiger partial charge on any atom is 0.336 e. The van der Waals surface area contributed by atoms with Gasteiger partial charge in [0.25, 0.3) is 0 Å². The van der Waals surface area contributed by atoms with Crippen molar-refractivity contribution in [1.29, 1.82) is 0 Å². The van der Waals surface area contributed by atoms with Crippen LogP contribution in [0.2, 0.25) is 0 Å². The molecule has 0 aliphatic carbocycles. The van der Waals surface area contributed by atoms with Crippen LogP contribution in [0.15, 0.2) is 65.3 Å². The van der Waals surface area contributed by atoms with Crippen LogP contribution < -0.4 is 0 Å². The summed E-state index contributed by atoms with van der Waals surface area (Å²) in [5, 5.41) is 16.3. The molecule has 0 saturated carbocycles. The Morgan fingerprint density at radius 3 is 2.81 bits per heavy atom. The summed E-state index contributed by atoms with van der Waals surface area (Å²) in [6.45, 7) is 0.641. The Hall–Kier alpha value is -3.03. The molecule has 0 bridgehead atoms. The molecule has 3 heterocycles. The van der Waals surface area contributed by atoms with Gasteiger partial charge in [-0.3, -0.25) is 0 Å². The summed E-state index contributed by atoms with van der Waals surface area (Å²) in [7, 11) is 0. The molecule has 1 aromatic carbocycles. The third-order valence-corrected chi connectivity index (χ3v) is 5.60. The minimum absolute atomic E-state index is 0.302. The molecule has 134 valence electrons. The Labute approximate surface area is 163 Å². The fourth-order valence-corrected chi connectivity index (χ4v) is 4.13. The Morgan fingerprint density at radius 1 is 1.22 bits per heavy atom. The smallest absolute Gasteiger partial charge is 0.336 e. The summed E-state index contributed by atoms with van der Waals surface area (Å²) >= 11 is 3.12. The van der Waals surface area contributed by atoms with Crippen LogP contribution in [0, 0.1) is 0 Å². The summed E-state index contributed by atoms with van der Waals surface area (Å²) in [6.07, 6.45) is 9.26. The van der Waals surface area contributed by atoms with Gasteiger partial charge in [0.1, 0.15) is 5.01 Å². The van der Waals surface area contributed by atoms with E-state index in [2.05, 4.69) is 16.0 Å². The van der Waals surface area contributed by atoms with E-state index >= 15 is 0 Å². The number of imidazole rings is 1. The number of thiophene rings is 1. The summed E-state index contributed by atoms with van der Waals surface area (Å²) in [4.78, 5) is 20.2. The molecule has 0 saturated heterocycles. The second-order valence-electron chi connectivity index (χ2n) is 5.86. The van der Waals surface area contributed by atoms with Crippen LogP contribution in [0.4, 0.5) is 0 Å². The average Bonchev–Trinajstić information content (AvgIpc) is 3.43. The van der Waals surface area contributed by atoms with Crippen LogP contribution in [0.1, 0.15) is 20.9 Å². The first-order chi connectivity index (χ1) is 13.2. The minimum atomic E-state index is -0.926. The topological polar surface area (TPSA) is 68.0 Å². The number of aromatic carboxylic acids is 1. The molecule has 27 heavy (non-hydrogen) atoms. The SMILES string of the molecule is O=C(O)c1ccc(C=C(Cn2ccnc2)c2nccs2)cc1-c1ccsc1. The van der Waals surface area contributed by atoms with Crippen molar-refractivity contribution >= 4 is 40.3 Å². The highest BCUT2D eigenvalue weighted by molar-refractivity contribution is 7.10. The van der Waals surface area contributed by atoms with Crippen LogP contribution in [0.3, 0.4) is 0 Å². The molecule has 0 amide bonds. The van der Waals surface area contributed by atoms with Crippen molar-refractivity contribution in [2.24, 2.45) is 0 Å². The van der Waals surface area contributed by atoms with Crippen LogP contribution in [-0.4, -0.2) is 25.6 Å². The Balaban J connectivity index is 1.78. The number of nitrogens with zero attached hydrogens (tertiary/aromatic N) is 3. The molecule has 5 nitrogen and oxygen atoms in total. The second kappa shape index (κ2) is 7.69. The normalized spacial score (nSPS) is 11.6. The van der Waals surface area contributed by atoms with Gasteiger partial charge in [-0.2, -0.15) is 11.3 Å². The standard InChI is InChI=1S/C20H15N3O2S2/c24-20(25)17-2-1-14(10-18(17)15-3-7-26-12-15)9-16(19-22-5-8-27-19)11-23-6-4-21-13-23/h1-10,12-13H,11H2,(H,24,25). The lowest BCUT2D eigenvalue weighted by molar-refractivity contribution is 0.0697. The average molecular weight is 393 g/mol. The number of allylic oxidation sites excluding steroid dienone is 1. The Bertz CT molecular complexity index is 1070. The fraction of sp³-hybridized carbons (Fsp3) is 0.0500. The van der Waals surface area contributed by atoms with E-state index in [0.717, 1.165) is 27.3 Å². The third-order valence-electron chi connectivity index (χ3n) is 4.07. The van der Waals surface area contributed by atoms with Crippen molar-refractivity contribution in [3.05, 3.63) is 81.5 Å². The Kier molecular flexibility index (Phi) is 4.95. The number of rotatable bonds is 6. The quantitative estimate of drug-likeness (QED) is 0.500. The van der Waals surface area contributed by atoms with E-state index in [9.17, 15) is 9.90 Å². The van der Waals surface area contributed by atoms with Crippen LogP contribution in [0.5, 0.6) is 0 Å². The first-order valence-corrected chi connectivity index (χ1v) is 9.99. The first-order valence-electron chi connectivity index (χ1n) is 8.17. The molecule has 0 radical (unpaired) electrons. The number of benzene rings is 1. The second-order valence-corrected chi connectivity index (χ2v) is 7.54. The molecule has 3 aromatic heterocycles. The van der Waals surface area contributed by atoms with Gasteiger partial charge >= 0.3 is 5.97 Å². The van der Waals surface area contributed by atoms with Gasteiger partial charge in [-0.25, -0.2) is 14.8 Å². The molecule has 0 spiro atoms. The Morgan fingerprint density at radius 2 is 2.15 bits per heavy atom. The van der Waals surface area contributed by atoms with Crippen molar-refractivity contribution in [3.8, 4) is 11.1 Å². The van der Waals surface area contributed by atoms with Crippen LogP contribution in [-0.2, 0) is 6.54 Å². The lowest BCUT2D eigenvalue weighted by Crippen LogP contribution is -2.00. The molecule has 0 unspecified atom stereocenters. The number of hydrogen-bond acceptors (Lipinski definition) is 5. The van der Waals surface area contributed by atoms with Crippen LogP contribution in [0.25, 0.3) is 22.8 Å². The highest BCUT2D eigenvalue weighted by atomic mass is 32.1. The molecular weight excluding hydrogens is 378 g/mol. The van der Waals surface area contributed by atoms with Gasteiger partial charge in [0.15, 0.2) is 0 Å². The van der Waals surface area contributed by atoms with Crippen LogP contribution >= 0.6 is 22.7 Å². The number of hydrogen-bond donors (Lipinski definition) is 1. The molecule has 4 rings (SSSR count). The highest BCUT2D eigenvalue weighted by Crippen LogP contribution is 2.29. The van der Waals surface area contributed by atoms with E-state index in [-0.39, 0.29) is 0 Å². The van der Waals surface area contributed by atoms with Crippen molar-refractivity contribution in [1.82, 2.24) is 14.5 Å². The van der Waals surface area contributed by atoms with Crippen molar-refractivity contribution in [3.63, 3.8) is 0 Å². The minimum Gasteiger partial charge on any atom is -0.478 e. The molecule has 0 aliphatic rings. The van der Waals surface area contributed by atoms with Gasteiger partial charge < -0.3 is 9.67 Å². The largest absolute Gasteiger partial charge is 0.478 e. The molecule has 0 fully saturated rings. The predicted octanol–water partition coefficient (Wildman–Crippen LogP) is 5.01. The molecule has 0 aliphatic heterocycles. The monoisotopic (exact) mass is 393 g/mol. The van der Waals surface area contributed by atoms with Crippen molar-refractivity contribution in [2.45, 2.75) is 6.54 Å². The van der Waals surface area contributed by atoms with E-state index in [0.29, 0.717) is 12.1 Å². The number of carboxylic acids is 1. The summed E-state index contributed by atoms with van der Waals surface area (Å²) in [5.74, 6) is -0.926. The van der Waals surface area contributed by atoms with E-state index < -0.39 is 5.97 Å². The highest BCUT2D eigenvalue weighted by Gasteiger charge is 2.13. The number of aromatic nitrogens is 3. The van der Waals surface area contributed by atoms with E-state index in [1.807, 2.05) is 45.1 Å². The van der Waals surface area contributed by atoms with Gasteiger partial charge in [0, 0.05) is 29.5 Å². The summed E-state index contributed by atoms with van der Waals surface area (Å²) in [5.41, 5.74) is 3.92. The van der Waals surface area contributed by atoms with Gasteiger partial charge in [-0.15, -0.1) is 11.3 Å². The zero-order valence-electron chi connectivity index (χ0n) is 14.1. The third kappa shape index (κ3) is 3.89. The summed E-state index contributed by atoms with van der Waals surface area (Å²) < 4.78 is 1.98. The van der Waals surface area contributed by atoms with Gasteiger partial charge in [-0.05, 0) is 51.7 Å². The van der Waals surface area contributed by atoms with E-state index in [4.69, 9.17) is 0 Å². The fourth-order valence-electron chi connectivity index (χ4n) is 2.83. The lowest BCUT2D eigenvalue weighted by atomic mass is 9.98. The molecular formula is C20H15N3O2S2. The molecule has 1 N–H and O–H groups in total. The molecule has 7 heteroatoms. The lowest BCUT2D eigenvalue weighted by Gasteiger charge is -2.09. The van der Waals surface area contributed by atoms with Crippen molar-refractivity contribution in [2.75, 3.05) is 0 Å². The van der Waals surface area contributed by atoms with Gasteiger partial charge in [0.05, 0.1) is 18.4 Å². The zero-order chi connectivity index (χ0) is 18.6. The van der Waals surface area contributed by atoms with Gasteiger partial charge in [-0.1, -0.05) is 6.07 Å². The molecule has 4 aromatic rings. The molecule has 0 atom stereocenters. The number of carboxylic acid groups (broad SMARTS) is 1. The maximum absolute atomic E-state index is 11.6. The maximum atomic E-state index is 11.6. The first kappa shape index (κ1) is 17.4. The van der Waals surface area contributed by atoms with Gasteiger partial charge in [0.2, 0.25) is 0 Å². The zero-order valence-corrected chi connectivity index (χ0v) is 15.8.